The van der Waals surface area contributed by atoms with Gasteiger partial charge in [-0.3, -0.25) is 4.90 Å². The minimum absolute atomic E-state index is 0.432. The molecule has 7 heteroatoms. The van der Waals surface area contributed by atoms with Crippen LogP contribution in [0.5, 0.6) is 0 Å². The van der Waals surface area contributed by atoms with Crippen LogP contribution in [0.2, 0.25) is 0 Å². The molecule has 33 heavy (non-hydrogen) atoms. The van der Waals surface area contributed by atoms with Gasteiger partial charge >= 0.3 is 0 Å². The van der Waals surface area contributed by atoms with Crippen molar-refractivity contribution in [3.05, 3.63) is 59.7 Å². The van der Waals surface area contributed by atoms with Crippen molar-refractivity contribution in [2.24, 2.45) is 0 Å². The average Bonchev–Trinajstić information content (AvgIpc) is 3.21. The summed E-state index contributed by atoms with van der Waals surface area (Å²) in [7, 11) is 0. The van der Waals surface area contributed by atoms with E-state index in [0.29, 0.717) is 11.6 Å². The number of hydrogen-bond acceptors (Lipinski definition) is 6. The van der Waals surface area contributed by atoms with E-state index in [1.807, 2.05) is 30.3 Å². The maximum atomic E-state index is 9.09. The third kappa shape index (κ3) is 5.36. The molecule has 3 aromatic rings. The number of benzene rings is 2. The van der Waals surface area contributed by atoms with Crippen LogP contribution < -0.4 is 5.32 Å². The fourth-order valence-corrected chi connectivity index (χ4v) is 4.80. The fourth-order valence-electron chi connectivity index (χ4n) is 4.80. The van der Waals surface area contributed by atoms with Gasteiger partial charge in [0.25, 0.3) is 0 Å². The number of ether oxygens (including phenoxy) is 1. The van der Waals surface area contributed by atoms with E-state index in [4.69, 9.17) is 15.0 Å². The van der Waals surface area contributed by atoms with Gasteiger partial charge in [-0.2, -0.15) is 5.26 Å². The van der Waals surface area contributed by atoms with E-state index in [1.54, 1.807) is 0 Å². The first-order valence-electron chi connectivity index (χ1n) is 12.0. The Morgan fingerprint density at radius 3 is 2.36 bits per heavy atom. The van der Waals surface area contributed by atoms with Gasteiger partial charge in [-0.25, -0.2) is 4.98 Å². The third-order valence-electron chi connectivity index (χ3n) is 6.84. The Morgan fingerprint density at radius 1 is 0.939 bits per heavy atom. The lowest BCUT2D eigenvalue weighted by Gasteiger charge is -2.35. The second kappa shape index (κ2) is 10.3. The Labute approximate surface area is 195 Å². The number of imidazole rings is 1. The van der Waals surface area contributed by atoms with E-state index in [-0.39, 0.29) is 0 Å². The maximum absolute atomic E-state index is 9.09. The number of para-hydroxylation sites is 2. The number of likely N-dealkylation sites (tertiary alicyclic amines) is 1. The van der Waals surface area contributed by atoms with Gasteiger partial charge in [-0.1, -0.05) is 24.3 Å². The van der Waals surface area contributed by atoms with Gasteiger partial charge in [-0.15, -0.1) is 0 Å². The van der Waals surface area contributed by atoms with Crippen molar-refractivity contribution in [1.82, 2.24) is 19.4 Å². The minimum Gasteiger partial charge on any atom is -0.379 e. The molecule has 1 aromatic heterocycles. The number of rotatable bonds is 7. The van der Waals surface area contributed by atoms with Crippen molar-refractivity contribution < 1.29 is 4.74 Å². The SMILES string of the molecule is N#Cc1ccc(Cn2c(NC3CCN(CCN4CCOCC4)CC3)nc3ccccc32)cc1. The van der Waals surface area contributed by atoms with E-state index >= 15 is 0 Å². The van der Waals surface area contributed by atoms with Gasteiger partial charge in [0.2, 0.25) is 5.95 Å². The summed E-state index contributed by atoms with van der Waals surface area (Å²) in [6, 6.07) is 18.8. The second-order valence-electron chi connectivity index (χ2n) is 9.03. The smallest absolute Gasteiger partial charge is 0.204 e. The molecule has 7 nitrogen and oxygen atoms in total. The standard InChI is InChI=1S/C26H32N6O/c27-19-21-5-7-22(8-6-21)20-32-25-4-2-1-3-24(25)29-26(32)28-23-9-11-30(12-10-23)13-14-31-15-17-33-18-16-31/h1-8,23H,9-18,20H2,(H,28,29). The first-order chi connectivity index (χ1) is 16.3. The minimum atomic E-state index is 0.432. The van der Waals surface area contributed by atoms with E-state index in [0.717, 1.165) is 94.4 Å². The molecule has 0 amide bonds. The second-order valence-corrected chi connectivity index (χ2v) is 9.03. The maximum Gasteiger partial charge on any atom is 0.204 e. The van der Waals surface area contributed by atoms with E-state index < -0.39 is 0 Å². The van der Waals surface area contributed by atoms with Gasteiger partial charge in [0.05, 0.1) is 42.4 Å². The molecule has 2 aliphatic heterocycles. The molecule has 3 heterocycles. The highest BCUT2D eigenvalue weighted by molar-refractivity contribution is 5.78. The monoisotopic (exact) mass is 444 g/mol. The van der Waals surface area contributed by atoms with Gasteiger partial charge in [0, 0.05) is 45.3 Å². The summed E-state index contributed by atoms with van der Waals surface area (Å²) < 4.78 is 7.72. The van der Waals surface area contributed by atoms with Crippen LogP contribution in [-0.2, 0) is 11.3 Å². The number of piperidine rings is 1. The first kappa shape index (κ1) is 21.9. The van der Waals surface area contributed by atoms with Gasteiger partial charge in [-0.05, 0) is 42.7 Å². The summed E-state index contributed by atoms with van der Waals surface area (Å²) in [4.78, 5) is 10.0. The van der Waals surface area contributed by atoms with Crippen LogP contribution in [0, 0.1) is 11.3 Å². The van der Waals surface area contributed by atoms with Crippen LogP contribution >= 0.6 is 0 Å². The van der Waals surface area contributed by atoms with E-state index in [9.17, 15) is 0 Å². The zero-order valence-corrected chi connectivity index (χ0v) is 19.1. The third-order valence-corrected chi connectivity index (χ3v) is 6.84. The quantitative estimate of drug-likeness (QED) is 0.604. The molecule has 0 unspecified atom stereocenters. The Balaban J connectivity index is 1.22. The van der Waals surface area contributed by atoms with Gasteiger partial charge < -0.3 is 19.5 Å². The molecule has 2 saturated heterocycles. The molecule has 2 fully saturated rings. The Kier molecular flexibility index (Phi) is 6.87. The number of anilines is 1. The number of nitrogens with one attached hydrogen (secondary N) is 1. The lowest BCUT2D eigenvalue weighted by Crippen LogP contribution is -2.45. The lowest BCUT2D eigenvalue weighted by atomic mass is 10.1. The fraction of sp³-hybridized carbons (Fsp3) is 0.462. The number of hydrogen-bond donors (Lipinski definition) is 1. The Hall–Kier alpha value is -2.92. The molecule has 0 spiro atoms. The molecule has 0 saturated carbocycles. The summed E-state index contributed by atoms with van der Waals surface area (Å²) in [5.41, 5.74) is 4.00. The molecule has 2 aliphatic rings. The van der Waals surface area contributed by atoms with Crippen LogP contribution in [-0.4, -0.2) is 77.9 Å². The van der Waals surface area contributed by atoms with Crippen LogP contribution in [0.3, 0.4) is 0 Å². The van der Waals surface area contributed by atoms with E-state index in [1.165, 1.54) is 0 Å². The summed E-state index contributed by atoms with van der Waals surface area (Å²) in [5.74, 6) is 0.937. The first-order valence-corrected chi connectivity index (χ1v) is 12.0. The summed E-state index contributed by atoms with van der Waals surface area (Å²) >= 11 is 0. The molecule has 0 bridgehead atoms. The van der Waals surface area contributed by atoms with Crippen molar-refractivity contribution in [2.75, 3.05) is 57.8 Å². The number of morpholine rings is 1. The lowest BCUT2D eigenvalue weighted by molar-refractivity contribution is 0.0322. The van der Waals surface area contributed by atoms with Crippen molar-refractivity contribution in [3.63, 3.8) is 0 Å². The van der Waals surface area contributed by atoms with Crippen molar-refractivity contribution in [1.29, 1.82) is 5.26 Å². The molecular weight excluding hydrogens is 412 g/mol. The van der Waals surface area contributed by atoms with Crippen LogP contribution in [0.15, 0.2) is 48.5 Å². The molecule has 5 rings (SSSR count). The summed E-state index contributed by atoms with van der Waals surface area (Å²) in [5, 5.41) is 12.8. The van der Waals surface area contributed by atoms with Crippen LogP contribution in [0.25, 0.3) is 11.0 Å². The zero-order valence-electron chi connectivity index (χ0n) is 19.1. The van der Waals surface area contributed by atoms with Crippen molar-refractivity contribution >= 4 is 17.0 Å². The Morgan fingerprint density at radius 2 is 1.64 bits per heavy atom. The largest absolute Gasteiger partial charge is 0.379 e. The summed E-state index contributed by atoms with van der Waals surface area (Å²) in [6.07, 6.45) is 2.26. The molecule has 0 aliphatic carbocycles. The number of nitriles is 1. The predicted molar refractivity (Wildman–Crippen MR) is 130 cm³/mol. The predicted octanol–water partition coefficient (Wildman–Crippen LogP) is 3.16. The zero-order chi connectivity index (χ0) is 22.5. The summed E-state index contributed by atoms with van der Waals surface area (Å²) in [6.45, 7) is 9.13. The van der Waals surface area contributed by atoms with Crippen LogP contribution in [0.4, 0.5) is 5.95 Å². The highest BCUT2D eigenvalue weighted by atomic mass is 16.5. The topological polar surface area (TPSA) is 69.4 Å². The number of nitrogens with zero attached hydrogens (tertiary/aromatic N) is 5. The average molecular weight is 445 g/mol. The van der Waals surface area contributed by atoms with Gasteiger partial charge in [0.15, 0.2) is 0 Å². The molecule has 172 valence electrons. The molecule has 2 aromatic carbocycles. The molecule has 1 N–H and O–H groups in total. The van der Waals surface area contributed by atoms with E-state index in [2.05, 4.69) is 44.0 Å². The highest BCUT2D eigenvalue weighted by Crippen LogP contribution is 2.24. The molecule has 0 radical (unpaired) electrons. The molecule has 0 atom stereocenters. The Bertz CT molecular complexity index is 1090. The van der Waals surface area contributed by atoms with Crippen LogP contribution in [0.1, 0.15) is 24.0 Å². The highest BCUT2D eigenvalue weighted by Gasteiger charge is 2.22. The van der Waals surface area contributed by atoms with Gasteiger partial charge in [0.1, 0.15) is 0 Å². The number of aromatic nitrogens is 2. The normalized spacial score (nSPS) is 18.4. The van der Waals surface area contributed by atoms with Crippen molar-refractivity contribution in [2.45, 2.75) is 25.4 Å². The molecular formula is C26H32N6O. The number of fused-ring (bicyclic) bond motifs is 1. The van der Waals surface area contributed by atoms with Crippen molar-refractivity contribution in [3.8, 4) is 6.07 Å².